The van der Waals surface area contributed by atoms with Crippen molar-refractivity contribution >= 4 is 61.9 Å². The zero-order chi connectivity index (χ0) is 22.9. The SMILES string of the molecule is COC(=O)c1ccc2oc3c(SC(=O)N(C)C)cc(SC(=O)N(C)C)cc3c(=O)c2c1. The van der Waals surface area contributed by atoms with E-state index in [4.69, 9.17) is 9.15 Å². The molecule has 2 aromatic carbocycles. The number of benzene rings is 2. The van der Waals surface area contributed by atoms with Gasteiger partial charge in [-0.25, -0.2) is 4.79 Å². The van der Waals surface area contributed by atoms with Crippen LogP contribution in [0, 0.1) is 0 Å². The molecule has 0 saturated heterocycles. The molecule has 0 aliphatic heterocycles. The number of nitrogens with zero attached hydrogens (tertiary/aromatic N) is 2. The van der Waals surface area contributed by atoms with E-state index < -0.39 is 5.97 Å². The van der Waals surface area contributed by atoms with Crippen LogP contribution in [0.3, 0.4) is 0 Å². The highest BCUT2D eigenvalue weighted by Crippen LogP contribution is 2.35. The standard InChI is InChI=1S/C21H20N2O6S2/c1-22(2)20(26)30-12-9-14-17(24)13-8-11(19(25)28-5)6-7-15(13)29-18(14)16(10-12)31-21(27)23(3)4/h6-10H,1-5H3. The smallest absolute Gasteiger partial charge is 0.337 e. The molecule has 3 aromatic rings. The average molecular weight is 461 g/mol. The van der Waals surface area contributed by atoms with Crippen LogP contribution in [0.5, 0.6) is 0 Å². The fourth-order valence-corrected chi connectivity index (χ4v) is 4.27. The number of carbonyl (C=O) groups excluding carboxylic acids is 3. The van der Waals surface area contributed by atoms with Crippen LogP contribution < -0.4 is 5.43 Å². The summed E-state index contributed by atoms with van der Waals surface area (Å²) in [6, 6.07) is 7.64. The third-order valence-corrected chi connectivity index (χ3v) is 6.34. The summed E-state index contributed by atoms with van der Waals surface area (Å²) in [7, 11) is 7.73. The van der Waals surface area contributed by atoms with Gasteiger partial charge in [-0.05, 0) is 53.9 Å². The molecule has 0 fully saturated rings. The molecule has 0 aliphatic carbocycles. The summed E-state index contributed by atoms with van der Waals surface area (Å²) in [5.41, 5.74) is 0.354. The van der Waals surface area contributed by atoms with E-state index in [0.29, 0.717) is 9.79 Å². The minimum atomic E-state index is -0.574. The summed E-state index contributed by atoms with van der Waals surface area (Å²) in [5, 5.41) is -0.0786. The summed E-state index contributed by atoms with van der Waals surface area (Å²) < 4.78 is 10.7. The van der Waals surface area contributed by atoms with Gasteiger partial charge in [-0.15, -0.1) is 0 Å². The predicted molar refractivity (Wildman–Crippen MR) is 121 cm³/mol. The van der Waals surface area contributed by atoms with Gasteiger partial charge in [0.15, 0.2) is 5.58 Å². The first-order valence-corrected chi connectivity index (χ1v) is 10.7. The Balaban J connectivity index is 2.28. The average Bonchev–Trinajstić information content (AvgIpc) is 2.73. The van der Waals surface area contributed by atoms with Crippen LogP contribution >= 0.6 is 23.5 Å². The van der Waals surface area contributed by atoms with E-state index in [1.54, 1.807) is 40.3 Å². The van der Waals surface area contributed by atoms with Gasteiger partial charge in [-0.1, -0.05) is 0 Å². The highest BCUT2D eigenvalue weighted by molar-refractivity contribution is 8.14. The van der Waals surface area contributed by atoms with Crippen LogP contribution in [-0.4, -0.2) is 61.5 Å². The summed E-state index contributed by atoms with van der Waals surface area (Å²) in [4.78, 5) is 53.4. The van der Waals surface area contributed by atoms with Gasteiger partial charge in [0, 0.05) is 33.1 Å². The van der Waals surface area contributed by atoms with Crippen LogP contribution in [0.4, 0.5) is 9.59 Å². The summed E-state index contributed by atoms with van der Waals surface area (Å²) in [5.74, 6) is -0.574. The Labute approximate surface area is 186 Å². The zero-order valence-corrected chi connectivity index (χ0v) is 19.2. The molecule has 1 heterocycles. The van der Waals surface area contributed by atoms with Crippen molar-refractivity contribution in [2.45, 2.75) is 9.79 Å². The van der Waals surface area contributed by atoms with Crippen molar-refractivity contribution in [1.82, 2.24) is 9.80 Å². The van der Waals surface area contributed by atoms with E-state index >= 15 is 0 Å². The molecule has 0 radical (unpaired) electrons. The largest absolute Gasteiger partial charge is 0.465 e. The molecule has 31 heavy (non-hydrogen) atoms. The van der Waals surface area contributed by atoms with Crippen molar-refractivity contribution in [3.8, 4) is 0 Å². The van der Waals surface area contributed by atoms with E-state index in [1.165, 1.54) is 35.1 Å². The topological polar surface area (TPSA) is 97.1 Å². The Kier molecular flexibility index (Phi) is 6.61. The number of fused-ring (bicyclic) bond motifs is 2. The number of ether oxygens (including phenoxy) is 1. The molecule has 0 spiro atoms. The Morgan fingerprint density at radius 3 is 2.16 bits per heavy atom. The van der Waals surface area contributed by atoms with Crippen LogP contribution in [0.25, 0.3) is 21.9 Å². The third kappa shape index (κ3) is 4.70. The van der Waals surface area contributed by atoms with Crippen LogP contribution in [0.2, 0.25) is 0 Å². The minimum Gasteiger partial charge on any atom is -0.465 e. The second kappa shape index (κ2) is 9.03. The number of esters is 1. The molecule has 0 saturated carbocycles. The lowest BCUT2D eigenvalue weighted by molar-refractivity contribution is 0.0601. The number of hydrogen-bond donors (Lipinski definition) is 0. The maximum atomic E-state index is 13.3. The first-order valence-electron chi connectivity index (χ1n) is 9.03. The second-order valence-corrected chi connectivity index (χ2v) is 8.97. The lowest BCUT2D eigenvalue weighted by atomic mass is 10.1. The van der Waals surface area contributed by atoms with Crippen LogP contribution in [0.1, 0.15) is 10.4 Å². The maximum Gasteiger partial charge on any atom is 0.337 e. The number of thioether (sulfide) groups is 2. The van der Waals surface area contributed by atoms with Gasteiger partial charge in [-0.3, -0.25) is 14.4 Å². The van der Waals surface area contributed by atoms with E-state index in [1.807, 2.05) is 0 Å². The van der Waals surface area contributed by atoms with Crippen molar-refractivity contribution in [2.75, 3.05) is 35.3 Å². The Morgan fingerprint density at radius 1 is 0.903 bits per heavy atom. The second-order valence-electron chi connectivity index (χ2n) is 6.96. The van der Waals surface area contributed by atoms with E-state index in [0.717, 1.165) is 23.5 Å². The number of methoxy groups -OCH3 is 1. The quantitative estimate of drug-likeness (QED) is 0.325. The lowest BCUT2D eigenvalue weighted by Gasteiger charge is -2.13. The molecule has 0 bridgehead atoms. The molecular formula is C21H20N2O6S2. The van der Waals surface area contributed by atoms with E-state index in [9.17, 15) is 19.2 Å². The molecule has 1 aromatic heterocycles. The van der Waals surface area contributed by atoms with Gasteiger partial charge < -0.3 is 19.0 Å². The molecule has 0 aliphatic rings. The van der Waals surface area contributed by atoms with Crippen LogP contribution in [0.15, 0.2) is 49.3 Å². The van der Waals surface area contributed by atoms with Gasteiger partial charge in [0.2, 0.25) is 5.43 Å². The van der Waals surface area contributed by atoms with E-state index in [2.05, 4.69) is 0 Å². The molecule has 10 heteroatoms. The number of carbonyl (C=O) groups is 3. The fraction of sp³-hybridized carbons (Fsp3) is 0.238. The number of amides is 2. The summed E-state index contributed by atoms with van der Waals surface area (Å²) in [6.07, 6.45) is 0. The lowest BCUT2D eigenvalue weighted by Crippen LogP contribution is -2.17. The predicted octanol–water partition coefficient (Wildman–Crippen LogP) is 4.28. The number of hydrogen-bond acceptors (Lipinski definition) is 8. The van der Waals surface area contributed by atoms with Crippen LogP contribution in [-0.2, 0) is 4.74 Å². The molecule has 162 valence electrons. The first kappa shape index (κ1) is 22.7. The van der Waals surface area contributed by atoms with Gasteiger partial charge in [0.05, 0.1) is 28.3 Å². The van der Waals surface area contributed by atoms with Gasteiger partial charge in [0.25, 0.3) is 10.5 Å². The summed E-state index contributed by atoms with van der Waals surface area (Å²) in [6.45, 7) is 0. The van der Waals surface area contributed by atoms with Crippen molar-refractivity contribution in [1.29, 1.82) is 0 Å². The Morgan fingerprint density at radius 2 is 1.55 bits per heavy atom. The van der Waals surface area contributed by atoms with Crippen molar-refractivity contribution < 1.29 is 23.5 Å². The molecule has 8 nitrogen and oxygen atoms in total. The Hall–Kier alpha value is -2.98. The monoisotopic (exact) mass is 460 g/mol. The minimum absolute atomic E-state index is 0.200. The van der Waals surface area contributed by atoms with Crippen molar-refractivity contribution in [3.63, 3.8) is 0 Å². The van der Waals surface area contributed by atoms with Crippen molar-refractivity contribution in [3.05, 3.63) is 46.1 Å². The third-order valence-electron chi connectivity index (χ3n) is 4.26. The molecule has 0 unspecified atom stereocenters. The molecule has 0 atom stereocenters. The highest BCUT2D eigenvalue weighted by atomic mass is 32.2. The molecule has 3 rings (SSSR count). The fourth-order valence-electron chi connectivity index (χ4n) is 2.66. The normalized spacial score (nSPS) is 10.9. The maximum absolute atomic E-state index is 13.3. The highest BCUT2D eigenvalue weighted by Gasteiger charge is 2.19. The van der Waals surface area contributed by atoms with Gasteiger partial charge in [-0.2, -0.15) is 0 Å². The van der Waals surface area contributed by atoms with Crippen molar-refractivity contribution in [2.24, 2.45) is 0 Å². The molecule has 0 N–H and O–H groups in total. The first-order chi connectivity index (χ1) is 14.6. The Bertz CT molecular complexity index is 1270. The molecular weight excluding hydrogens is 440 g/mol. The van der Waals surface area contributed by atoms with Gasteiger partial charge >= 0.3 is 5.97 Å². The van der Waals surface area contributed by atoms with Gasteiger partial charge in [0.1, 0.15) is 5.58 Å². The zero-order valence-electron chi connectivity index (χ0n) is 17.5. The summed E-state index contributed by atoms with van der Waals surface area (Å²) >= 11 is 1.84. The molecule has 2 amide bonds. The number of rotatable bonds is 3. The van der Waals surface area contributed by atoms with E-state index in [-0.39, 0.29) is 43.4 Å².